The van der Waals surface area contributed by atoms with Crippen molar-refractivity contribution in [3.63, 3.8) is 0 Å². The highest BCUT2D eigenvalue weighted by atomic mass is 28.2. The zero-order chi connectivity index (χ0) is 10.3. The highest BCUT2D eigenvalue weighted by Gasteiger charge is 1.83. The maximum absolute atomic E-state index is 12.1. The largest absolute Gasteiger partial charge is 0.335 e. The fourth-order valence-electron chi connectivity index (χ4n) is 0.533. The Labute approximate surface area is 83.1 Å². The molecule has 1 aromatic rings. The van der Waals surface area contributed by atoms with Crippen LogP contribution < -0.4 is 0 Å². The Morgan fingerprint density at radius 3 is 1.92 bits per heavy atom. The Hall–Kier alpha value is -0.673. The summed E-state index contributed by atoms with van der Waals surface area (Å²) >= 11 is 0. The van der Waals surface area contributed by atoms with Gasteiger partial charge in [0.05, 0.1) is 10.4 Å². The summed E-state index contributed by atoms with van der Waals surface area (Å²) in [5.74, 6) is -0.171. The van der Waals surface area contributed by atoms with Crippen molar-refractivity contribution in [3.05, 3.63) is 35.6 Å². The molecule has 0 unspecified atom stereocenters. The molecule has 0 atom stereocenters. The van der Waals surface area contributed by atoms with Crippen molar-refractivity contribution in [2.24, 2.45) is 0 Å². The average Bonchev–Trinajstić information content (AvgIpc) is 2.11. The van der Waals surface area contributed by atoms with Gasteiger partial charge in [-0.2, -0.15) is 0 Å². The molecule has 1 rings (SSSR count). The molecular formula is C10H18FNSi. The fraction of sp³-hybridized carbons (Fsp3) is 0.400. The molecule has 0 amide bonds. The van der Waals surface area contributed by atoms with E-state index < -0.39 is 0 Å². The van der Waals surface area contributed by atoms with Crippen LogP contribution in [0.3, 0.4) is 0 Å². The third-order valence-corrected chi connectivity index (χ3v) is 2.28. The van der Waals surface area contributed by atoms with Crippen LogP contribution in [0, 0.1) is 12.7 Å². The lowest BCUT2D eigenvalue weighted by Gasteiger charge is -2.00. The van der Waals surface area contributed by atoms with E-state index in [-0.39, 0.29) is 5.82 Å². The third kappa shape index (κ3) is 7.68. The van der Waals surface area contributed by atoms with Crippen molar-refractivity contribution < 1.29 is 4.39 Å². The second-order valence-corrected chi connectivity index (χ2v) is 4.72. The summed E-state index contributed by atoms with van der Waals surface area (Å²) in [6.45, 7) is 5.29. The first-order valence-electron chi connectivity index (χ1n) is 4.43. The van der Waals surface area contributed by atoms with Gasteiger partial charge >= 0.3 is 0 Å². The number of hydrogen-bond donors (Lipinski definition) is 0. The van der Waals surface area contributed by atoms with Crippen LogP contribution >= 0.6 is 0 Å². The van der Waals surface area contributed by atoms with Gasteiger partial charge < -0.3 is 4.57 Å². The zero-order valence-electron chi connectivity index (χ0n) is 8.84. The van der Waals surface area contributed by atoms with E-state index in [1.165, 1.54) is 29.1 Å². The predicted octanol–water partition coefficient (Wildman–Crippen LogP) is 1.35. The number of nitrogens with zero attached hydrogens (tertiary/aromatic N) is 1. The first-order chi connectivity index (χ1) is 6.06. The molecule has 13 heavy (non-hydrogen) atoms. The van der Waals surface area contributed by atoms with Gasteiger partial charge in [-0.3, -0.25) is 0 Å². The summed E-state index contributed by atoms with van der Waals surface area (Å²) in [5, 5.41) is 0. The molecule has 0 fully saturated rings. The summed E-state index contributed by atoms with van der Waals surface area (Å²) in [6, 6.07) is 6.40. The van der Waals surface area contributed by atoms with Gasteiger partial charge in [-0.1, -0.05) is 24.6 Å². The quantitative estimate of drug-likeness (QED) is 0.617. The van der Waals surface area contributed by atoms with Crippen LogP contribution in [0.1, 0.15) is 12.5 Å². The van der Waals surface area contributed by atoms with Crippen LogP contribution in [0.5, 0.6) is 0 Å². The average molecular weight is 199 g/mol. The number of rotatable bonds is 1. The van der Waals surface area contributed by atoms with Gasteiger partial charge in [0.15, 0.2) is 0 Å². The molecule has 0 bridgehead atoms. The standard InChI is InChI=1S/C7H7F.C3H11NSi/c1-6-2-4-7(8)5-3-6;1-3-4(2)5/h2-5H,1H3;3H2,1-2,5H3. The summed E-state index contributed by atoms with van der Waals surface area (Å²) in [5.41, 5.74) is 1.09. The molecule has 0 aliphatic rings. The minimum atomic E-state index is -0.171. The van der Waals surface area contributed by atoms with Crippen molar-refractivity contribution >= 4 is 10.4 Å². The molecule has 0 heterocycles. The van der Waals surface area contributed by atoms with Crippen LogP contribution in [-0.4, -0.2) is 28.6 Å². The molecule has 0 N–H and O–H groups in total. The van der Waals surface area contributed by atoms with Crippen LogP contribution in [0.25, 0.3) is 0 Å². The van der Waals surface area contributed by atoms with Crippen LogP contribution in [0.2, 0.25) is 0 Å². The lowest BCUT2D eigenvalue weighted by molar-refractivity contribution is 0.581. The summed E-state index contributed by atoms with van der Waals surface area (Å²) in [7, 11) is 3.32. The molecule has 0 saturated carbocycles. The molecule has 3 heteroatoms. The van der Waals surface area contributed by atoms with Gasteiger partial charge in [0.25, 0.3) is 0 Å². The lowest BCUT2D eigenvalue weighted by Crippen LogP contribution is -2.11. The molecule has 0 aliphatic carbocycles. The van der Waals surface area contributed by atoms with Gasteiger partial charge in [-0.05, 0) is 32.6 Å². The molecular weight excluding hydrogens is 181 g/mol. The van der Waals surface area contributed by atoms with Gasteiger partial charge in [-0.25, -0.2) is 4.39 Å². The topological polar surface area (TPSA) is 3.24 Å². The molecule has 0 aliphatic heterocycles. The fourth-order valence-corrected chi connectivity index (χ4v) is 0.533. The van der Waals surface area contributed by atoms with Crippen molar-refractivity contribution in [1.29, 1.82) is 0 Å². The molecule has 0 saturated heterocycles. The Bertz CT molecular complexity index is 200. The van der Waals surface area contributed by atoms with Gasteiger partial charge in [0, 0.05) is 0 Å². The Morgan fingerprint density at radius 1 is 1.31 bits per heavy atom. The van der Waals surface area contributed by atoms with Crippen molar-refractivity contribution in [1.82, 2.24) is 4.57 Å². The molecule has 1 nitrogen and oxygen atoms in total. The molecule has 0 radical (unpaired) electrons. The van der Waals surface area contributed by atoms with Crippen LogP contribution in [-0.2, 0) is 0 Å². The minimum absolute atomic E-state index is 0.171. The summed E-state index contributed by atoms with van der Waals surface area (Å²) < 4.78 is 14.4. The Kier molecular flexibility index (Phi) is 6.45. The Morgan fingerprint density at radius 2 is 1.69 bits per heavy atom. The highest BCUT2D eigenvalue weighted by molar-refractivity contribution is 6.04. The summed E-state index contributed by atoms with van der Waals surface area (Å²) in [6.07, 6.45) is 0. The van der Waals surface area contributed by atoms with E-state index >= 15 is 0 Å². The lowest BCUT2D eigenvalue weighted by atomic mass is 10.2. The van der Waals surface area contributed by atoms with Gasteiger partial charge in [-0.15, -0.1) is 0 Å². The van der Waals surface area contributed by atoms with E-state index in [1.807, 2.05) is 6.92 Å². The number of benzene rings is 1. The van der Waals surface area contributed by atoms with Crippen molar-refractivity contribution in [2.45, 2.75) is 13.8 Å². The zero-order valence-corrected chi connectivity index (χ0v) is 10.8. The molecule has 74 valence electrons. The van der Waals surface area contributed by atoms with E-state index in [1.54, 1.807) is 12.1 Å². The first-order valence-corrected chi connectivity index (χ1v) is 5.32. The first kappa shape index (κ1) is 12.3. The third-order valence-electron chi connectivity index (χ3n) is 1.64. The second-order valence-electron chi connectivity index (χ2n) is 3.19. The maximum Gasteiger partial charge on any atom is 0.123 e. The highest BCUT2D eigenvalue weighted by Crippen LogP contribution is 1.98. The second kappa shape index (κ2) is 6.80. The van der Waals surface area contributed by atoms with Crippen LogP contribution in [0.4, 0.5) is 4.39 Å². The van der Waals surface area contributed by atoms with E-state index in [2.05, 4.69) is 18.5 Å². The molecule has 0 spiro atoms. The number of hydrogen-bond acceptors (Lipinski definition) is 1. The van der Waals surface area contributed by atoms with E-state index in [4.69, 9.17) is 0 Å². The van der Waals surface area contributed by atoms with E-state index in [9.17, 15) is 4.39 Å². The smallest absolute Gasteiger partial charge is 0.123 e. The van der Waals surface area contributed by atoms with Gasteiger partial charge in [0.1, 0.15) is 5.82 Å². The SMILES string of the molecule is CCN(C)[SiH3].Cc1ccc(F)cc1. The molecule has 0 aromatic heterocycles. The van der Waals surface area contributed by atoms with Crippen LogP contribution in [0.15, 0.2) is 24.3 Å². The van der Waals surface area contributed by atoms with Gasteiger partial charge in [0.2, 0.25) is 0 Å². The predicted molar refractivity (Wildman–Crippen MR) is 59.4 cm³/mol. The van der Waals surface area contributed by atoms with E-state index in [0.717, 1.165) is 5.56 Å². The van der Waals surface area contributed by atoms with E-state index in [0.29, 0.717) is 0 Å². The Balaban J connectivity index is 0.000000252. The monoisotopic (exact) mass is 199 g/mol. The normalized spacial score (nSPS) is 9.62. The van der Waals surface area contributed by atoms with Crippen molar-refractivity contribution in [3.8, 4) is 0 Å². The maximum atomic E-state index is 12.1. The summed E-state index contributed by atoms with van der Waals surface area (Å²) in [4.78, 5) is 0. The van der Waals surface area contributed by atoms with Crippen molar-refractivity contribution in [2.75, 3.05) is 13.6 Å². The number of aryl methyl sites for hydroxylation is 1. The molecule has 1 aromatic carbocycles. The minimum Gasteiger partial charge on any atom is -0.335 e. The number of halogens is 1.